The average Bonchev–Trinajstić information content (AvgIpc) is 2.77. The van der Waals surface area contributed by atoms with Crippen LogP contribution in [-0.2, 0) is 0 Å². The molecule has 0 bridgehead atoms. The number of likely N-dealkylation sites (tertiary alicyclic amines) is 1. The molecule has 18 heavy (non-hydrogen) atoms. The van der Waals surface area contributed by atoms with Crippen molar-refractivity contribution in [1.29, 1.82) is 0 Å². The van der Waals surface area contributed by atoms with Crippen LogP contribution in [0, 0.1) is 6.92 Å². The lowest BCUT2D eigenvalue weighted by atomic mass is 9.96. The first kappa shape index (κ1) is 13.1. The van der Waals surface area contributed by atoms with Gasteiger partial charge in [-0.15, -0.1) is 0 Å². The van der Waals surface area contributed by atoms with E-state index in [1.165, 1.54) is 0 Å². The van der Waals surface area contributed by atoms with Crippen LogP contribution in [0.25, 0.3) is 0 Å². The van der Waals surface area contributed by atoms with E-state index in [-0.39, 0.29) is 11.9 Å². The summed E-state index contributed by atoms with van der Waals surface area (Å²) < 4.78 is 0. The van der Waals surface area contributed by atoms with Gasteiger partial charge in [0.25, 0.3) is 5.91 Å². The zero-order valence-electron chi connectivity index (χ0n) is 11.3. The van der Waals surface area contributed by atoms with Crippen molar-refractivity contribution in [3.8, 4) is 0 Å². The first-order valence-corrected chi connectivity index (χ1v) is 6.49. The first-order chi connectivity index (χ1) is 8.39. The monoisotopic (exact) mass is 247 g/mol. The SMILES string of the molecule is Cc1ccc(C(=O)N2CCCC2C(C)(C)O)cc1. The lowest BCUT2D eigenvalue weighted by Gasteiger charge is -2.33. The van der Waals surface area contributed by atoms with Gasteiger partial charge < -0.3 is 10.0 Å². The Morgan fingerprint density at radius 3 is 2.50 bits per heavy atom. The van der Waals surface area contributed by atoms with E-state index in [4.69, 9.17) is 0 Å². The summed E-state index contributed by atoms with van der Waals surface area (Å²) in [5.74, 6) is 0.0274. The fourth-order valence-electron chi connectivity index (χ4n) is 2.61. The Labute approximate surface area is 108 Å². The van der Waals surface area contributed by atoms with E-state index in [1.54, 1.807) is 13.8 Å². The predicted octanol–water partition coefficient (Wildman–Crippen LogP) is 2.37. The van der Waals surface area contributed by atoms with Gasteiger partial charge in [0.1, 0.15) is 0 Å². The van der Waals surface area contributed by atoms with Gasteiger partial charge >= 0.3 is 0 Å². The number of hydrogen-bond acceptors (Lipinski definition) is 2. The first-order valence-electron chi connectivity index (χ1n) is 6.49. The van der Waals surface area contributed by atoms with Crippen LogP contribution in [0.2, 0.25) is 0 Å². The molecule has 1 aromatic carbocycles. The van der Waals surface area contributed by atoms with Gasteiger partial charge in [0, 0.05) is 12.1 Å². The van der Waals surface area contributed by atoms with Crippen molar-refractivity contribution in [3.05, 3.63) is 35.4 Å². The summed E-state index contributed by atoms with van der Waals surface area (Å²) in [7, 11) is 0. The molecule has 1 aromatic rings. The van der Waals surface area contributed by atoms with Gasteiger partial charge in [-0.3, -0.25) is 4.79 Å². The van der Waals surface area contributed by atoms with Crippen molar-refractivity contribution < 1.29 is 9.90 Å². The highest BCUT2D eigenvalue weighted by Gasteiger charge is 2.38. The number of nitrogens with zero attached hydrogens (tertiary/aromatic N) is 1. The smallest absolute Gasteiger partial charge is 0.254 e. The van der Waals surface area contributed by atoms with Crippen LogP contribution in [0.4, 0.5) is 0 Å². The summed E-state index contributed by atoms with van der Waals surface area (Å²) in [6, 6.07) is 7.53. The number of aliphatic hydroxyl groups is 1. The third kappa shape index (κ3) is 2.56. The number of benzene rings is 1. The maximum absolute atomic E-state index is 12.4. The second-order valence-electron chi connectivity index (χ2n) is 5.68. The van der Waals surface area contributed by atoms with Gasteiger partial charge in [0.2, 0.25) is 0 Å². The van der Waals surface area contributed by atoms with Crippen LogP contribution in [0.1, 0.15) is 42.6 Å². The lowest BCUT2D eigenvalue weighted by molar-refractivity contribution is 0.000336. The molecule has 1 unspecified atom stereocenters. The maximum Gasteiger partial charge on any atom is 0.254 e. The fourth-order valence-corrected chi connectivity index (χ4v) is 2.61. The summed E-state index contributed by atoms with van der Waals surface area (Å²) in [5.41, 5.74) is 1.01. The van der Waals surface area contributed by atoms with E-state index < -0.39 is 5.60 Å². The van der Waals surface area contributed by atoms with E-state index in [2.05, 4.69) is 0 Å². The second-order valence-corrected chi connectivity index (χ2v) is 5.68. The van der Waals surface area contributed by atoms with E-state index in [1.807, 2.05) is 36.1 Å². The third-order valence-electron chi connectivity index (χ3n) is 3.63. The predicted molar refractivity (Wildman–Crippen MR) is 71.5 cm³/mol. The molecule has 0 saturated carbocycles. The number of aryl methyl sites for hydroxylation is 1. The standard InChI is InChI=1S/C15H21NO2/c1-11-6-8-12(9-7-11)14(17)16-10-4-5-13(16)15(2,3)18/h6-9,13,18H,4-5,10H2,1-3H3. The molecule has 1 aliphatic rings. The van der Waals surface area contributed by atoms with Crippen LogP contribution in [-0.4, -0.2) is 34.1 Å². The number of rotatable bonds is 2. The fraction of sp³-hybridized carbons (Fsp3) is 0.533. The molecule has 1 heterocycles. The normalized spacial score (nSPS) is 20.2. The molecule has 2 rings (SSSR count). The minimum atomic E-state index is -0.836. The van der Waals surface area contributed by atoms with E-state index >= 15 is 0 Å². The highest BCUT2D eigenvalue weighted by atomic mass is 16.3. The minimum absolute atomic E-state index is 0.0274. The molecule has 98 valence electrons. The highest BCUT2D eigenvalue weighted by Crippen LogP contribution is 2.28. The van der Waals surface area contributed by atoms with E-state index in [9.17, 15) is 9.90 Å². The molecule has 0 radical (unpaired) electrons. The Kier molecular flexibility index (Phi) is 3.44. The number of amides is 1. The Balaban J connectivity index is 2.20. The Hall–Kier alpha value is -1.35. The molecular weight excluding hydrogens is 226 g/mol. The number of hydrogen-bond donors (Lipinski definition) is 1. The average molecular weight is 247 g/mol. The summed E-state index contributed by atoms with van der Waals surface area (Å²) in [4.78, 5) is 14.2. The van der Waals surface area contributed by atoms with E-state index in [0.29, 0.717) is 5.56 Å². The van der Waals surface area contributed by atoms with Crippen molar-refractivity contribution in [3.63, 3.8) is 0 Å². The van der Waals surface area contributed by atoms with Gasteiger partial charge in [0.05, 0.1) is 11.6 Å². The van der Waals surface area contributed by atoms with Crippen LogP contribution in [0.3, 0.4) is 0 Å². The molecule has 1 N–H and O–H groups in total. The van der Waals surface area contributed by atoms with Crippen molar-refractivity contribution in [2.75, 3.05) is 6.54 Å². The molecule has 1 amide bonds. The molecule has 1 fully saturated rings. The highest BCUT2D eigenvalue weighted by molar-refractivity contribution is 5.94. The number of carbonyl (C=O) groups is 1. The molecule has 0 aliphatic carbocycles. The molecular formula is C15H21NO2. The van der Waals surface area contributed by atoms with Gasteiger partial charge in [0.15, 0.2) is 0 Å². The van der Waals surface area contributed by atoms with Crippen LogP contribution < -0.4 is 0 Å². The summed E-state index contributed by atoms with van der Waals surface area (Å²) in [6.45, 7) is 6.29. The van der Waals surface area contributed by atoms with Gasteiger partial charge in [-0.05, 0) is 45.7 Å². The topological polar surface area (TPSA) is 40.5 Å². The molecule has 1 atom stereocenters. The van der Waals surface area contributed by atoms with Crippen molar-refractivity contribution >= 4 is 5.91 Å². The maximum atomic E-state index is 12.4. The molecule has 3 heteroatoms. The van der Waals surface area contributed by atoms with E-state index in [0.717, 1.165) is 24.9 Å². The van der Waals surface area contributed by atoms with Crippen LogP contribution in [0.5, 0.6) is 0 Å². The Bertz CT molecular complexity index is 431. The summed E-state index contributed by atoms with van der Waals surface area (Å²) in [6.07, 6.45) is 1.84. The molecule has 1 aliphatic heterocycles. The van der Waals surface area contributed by atoms with Gasteiger partial charge in [-0.1, -0.05) is 17.7 Å². The molecule has 3 nitrogen and oxygen atoms in total. The van der Waals surface area contributed by atoms with Gasteiger partial charge in [-0.25, -0.2) is 0 Å². The van der Waals surface area contributed by atoms with Crippen molar-refractivity contribution in [2.24, 2.45) is 0 Å². The van der Waals surface area contributed by atoms with Crippen molar-refractivity contribution in [1.82, 2.24) is 4.90 Å². The number of carbonyl (C=O) groups excluding carboxylic acids is 1. The zero-order chi connectivity index (χ0) is 13.3. The Morgan fingerprint density at radius 2 is 1.94 bits per heavy atom. The second kappa shape index (κ2) is 4.73. The third-order valence-corrected chi connectivity index (χ3v) is 3.63. The Morgan fingerprint density at radius 1 is 1.33 bits per heavy atom. The minimum Gasteiger partial charge on any atom is -0.388 e. The van der Waals surface area contributed by atoms with Crippen LogP contribution in [0.15, 0.2) is 24.3 Å². The summed E-state index contributed by atoms with van der Waals surface area (Å²) in [5, 5.41) is 10.1. The largest absolute Gasteiger partial charge is 0.388 e. The van der Waals surface area contributed by atoms with Crippen molar-refractivity contribution in [2.45, 2.75) is 45.3 Å². The zero-order valence-corrected chi connectivity index (χ0v) is 11.3. The molecule has 0 aromatic heterocycles. The molecule has 1 saturated heterocycles. The quantitative estimate of drug-likeness (QED) is 0.871. The lowest BCUT2D eigenvalue weighted by Crippen LogP contribution is -2.48. The molecule has 0 spiro atoms. The van der Waals surface area contributed by atoms with Crippen LogP contribution >= 0.6 is 0 Å². The summed E-state index contributed by atoms with van der Waals surface area (Å²) >= 11 is 0. The van der Waals surface area contributed by atoms with Gasteiger partial charge in [-0.2, -0.15) is 0 Å².